The van der Waals surface area contributed by atoms with Crippen LogP contribution in [-0.4, -0.2) is 42.4 Å². The summed E-state index contributed by atoms with van der Waals surface area (Å²) in [5.74, 6) is -0.624. The Labute approximate surface area is 131 Å². The molecule has 22 heavy (non-hydrogen) atoms. The van der Waals surface area contributed by atoms with Crippen LogP contribution in [0.5, 0.6) is 0 Å². The van der Waals surface area contributed by atoms with E-state index in [4.69, 9.17) is 14.2 Å². The van der Waals surface area contributed by atoms with Gasteiger partial charge >= 0.3 is 11.9 Å². The molecular formula is C16H25NO5. The van der Waals surface area contributed by atoms with Crippen LogP contribution in [0.4, 0.5) is 0 Å². The smallest absolute Gasteiger partial charge is 0.335 e. The van der Waals surface area contributed by atoms with Crippen LogP contribution < -0.4 is 5.32 Å². The maximum Gasteiger partial charge on any atom is 0.335 e. The molecule has 0 amide bonds. The van der Waals surface area contributed by atoms with Gasteiger partial charge in [-0.15, -0.1) is 0 Å². The first kappa shape index (κ1) is 16.8. The van der Waals surface area contributed by atoms with Crippen molar-refractivity contribution in [2.24, 2.45) is 0 Å². The zero-order chi connectivity index (χ0) is 16.3. The first-order chi connectivity index (χ1) is 10.3. The van der Waals surface area contributed by atoms with Crippen molar-refractivity contribution in [1.82, 2.24) is 5.32 Å². The predicted octanol–water partition coefficient (Wildman–Crippen LogP) is 1.68. The van der Waals surface area contributed by atoms with Gasteiger partial charge in [0.15, 0.2) is 0 Å². The van der Waals surface area contributed by atoms with Gasteiger partial charge in [-0.3, -0.25) is 0 Å². The molecule has 0 aromatic heterocycles. The fraction of sp³-hybridized carbons (Fsp3) is 0.750. The van der Waals surface area contributed by atoms with E-state index in [0.717, 1.165) is 0 Å². The fourth-order valence-electron chi connectivity index (χ4n) is 2.48. The van der Waals surface area contributed by atoms with Crippen molar-refractivity contribution in [3.8, 4) is 0 Å². The van der Waals surface area contributed by atoms with E-state index in [1.165, 1.54) is 0 Å². The van der Waals surface area contributed by atoms with Crippen LogP contribution in [0.15, 0.2) is 11.8 Å². The van der Waals surface area contributed by atoms with Crippen LogP contribution in [0.25, 0.3) is 0 Å². The van der Waals surface area contributed by atoms with E-state index in [-0.39, 0.29) is 30.3 Å². The zero-order valence-electron chi connectivity index (χ0n) is 13.7. The summed E-state index contributed by atoms with van der Waals surface area (Å²) in [5, 5.41) is 3.10. The van der Waals surface area contributed by atoms with E-state index in [2.05, 4.69) is 5.32 Å². The molecule has 1 fully saturated rings. The summed E-state index contributed by atoms with van der Waals surface area (Å²) >= 11 is 0. The average molecular weight is 311 g/mol. The molecule has 2 heterocycles. The van der Waals surface area contributed by atoms with Gasteiger partial charge in [-0.2, -0.15) is 0 Å². The molecule has 0 bridgehead atoms. The lowest BCUT2D eigenvalue weighted by Crippen LogP contribution is -2.54. The molecule has 2 rings (SSSR count). The average Bonchev–Trinajstić information content (AvgIpc) is 3.21. The van der Waals surface area contributed by atoms with Gasteiger partial charge < -0.3 is 19.5 Å². The number of nitrogens with one attached hydrogen (secondary N) is 1. The summed E-state index contributed by atoms with van der Waals surface area (Å²) in [6, 6.07) is 0. The van der Waals surface area contributed by atoms with Crippen molar-refractivity contribution < 1.29 is 23.8 Å². The van der Waals surface area contributed by atoms with Crippen LogP contribution in [-0.2, 0) is 23.8 Å². The molecule has 1 saturated heterocycles. The van der Waals surface area contributed by atoms with E-state index in [9.17, 15) is 9.59 Å². The van der Waals surface area contributed by atoms with Gasteiger partial charge in [0.2, 0.25) is 0 Å². The minimum absolute atomic E-state index is 0.0878. The first-order valence-corrected chi connectivity index (χ1v) is 7.83. The number of rotatable bonds is 6. The highest BCUT2D eigenvalue weighted by atomic mass is 16.6. The van der Waals surface area contributed by atoms with Gasteiger partial charge in [0.25, 0.3) is 0 Å². The second kappa shape index (κ2) is 6.69. The van der Waals surface area contributed by atoms with Gasteiger partial charge in [0.1, 0.15) is 5.54 Å². The lowest BCUT2D eigenvalue weighted by Gasteiger charge is -2.35. The van der Waals surface area contributed by atoms with Gasteiger partial charge in [0, 0.05) is 12.6 Å². The monoisotopic (exact) mass is 311 g/mol. The topological polar surface area (TPSA) is 77.2 Å². The summed E-state index contributed by atoms with van der Waals surface area (Å²) in [5.41, 5.74) is -0.258. The Kier molecular flexibility index (Phi) is 5.11. The highest BCUT2D eigenvalue weighted by molar-refractivity contribution is 5.90. The summed E-state index contributed by atoms with van der Waals surface area (Å²) < 4.78 is 15.8. The van der Waals surface area contributed by atoms with E-state index >= 15 is 0 Å². The van der Waals surface area contributed by atoms with Crippen molar-refractivity contribution in [1.29, 1.82) is 0 Å². The largest absolute Gasteiger partial charge is 0.461 e. The Hall–Kier alpha value is -1.56. The third kappa shape index (κ3) is 4.22. The molecule has 2 atom stereocenters. The molecular weight excluding hydrogens is 286 g/mol. The highest BCUT2D eigenvalue weighted by Gasteiger charge is 2.46. The quantitative estimate of drug-likeness (QED) is 0.594. The van der Waals surface area contributed by atoms with Crippen LogP contribution in [0.1, 0.15) is 47.0 Å². The van der Waals surface area contributed by atoms with Crippen LogP contribution in [0.2, 0.25) is 0 Å². The standard InChI is InChI=1S/C16H25NO5/c1-10(2)21-14(18)12-5-6-16(17-8-12,7-13-9-20-13)15(19)22-11(3)4/h8,10-11,13,17H,5-7,9H2,1-4H3/t13-,16+/m0/s1. The van der Waals surface area contributed by atoms with Crippen molar-refractivity contribution in [3.05, 3.63) is 11.8 Å². The molecule has 0 spiro atoms. The molecule has 0 radical (unpaired) electrons. The minimum atomic E-state index is -0.812. The normalized spacial score (nSPS) is 27.2. The summed E-state index contributed by atoms with van der Waals surface area (Å²) in [4.78, 5) is 24.4. The summed E-state index contributed by atoms with van der Waals surface area (Å²) in [6.07, 6.45) is 2.88. The Bertz CT molecular complexity index is 467. The second-order valence-electron chi connectivity index (χ2n) is 6.46. The summed E-state index contributed by atoms with van der Waals surface area (Å²) in [7, 11) is 0. The molecule has 0 aliphatic carbocycles. The van der Waals surface area contributed by atoms with Gasteiger partial charge in [-0.1, -0.05) is 0 Å². The molecule has 6 nitrogen and oxygen atoms in total. The predicted molar refractivity (Wildman–Crippen MR) is 80.0 cm³/mol. The molecule has 124 valence electrons. The van der Waals surface area contributed by atoms with Crippen LogP contribution >= 0.6 is 0 Å². The number of esters is 2. The third-order valence-electron chi connectivity index (χ3n) is 3.66. The summed E-state index contributed by atoms with van der Waals surface area (Å²) in [6.45, 7) is 7.93. The van der Waals surface area contributed by atoms with Crippen molar-refractivity contribution in [3.63, 3.8) is 0 Å². The molecule has 2 aliphatic rings. The Morgan fingerprint density at radius 1 is 1.32 bits per heavy atom. The number of carbonyl (C=O) groups is 2. The van der Waals surface area contributed by atoms with E-state index in [1.54, 1.807) is 6.20 Å². The van der Waals surface area contributed by atoms with E-state index in [0.29, 0.717) is 31.4 Å². The van der Waals surface area contributed by atoms with Crippen molar-refractivity contribution >= 4 is 11.9 Å². The Morgan fingerprint density at radius 3 is 2.41 bits per heavy atom. The second-order valence-corrected chi connectivity index (χ2v) is 6.46. The number of epoxide rings is 1. The number of hydrogen-bond acceptors (Lipinski definition) is 6. The maximum atomic E-state index is 12.5. The molecule has 6 heteroatoms. The fourth-order valence-corrected chi connectivity index (χ4v) is 2.48. The maximum absolute atomic E-state index is 12.5. The minimum Gasteiger partial charge on any atom is -0.461 e. The molecule has 2 aliphatic heterocycles. The van der Waals surface area contributed by atoms with Crippen LogP contribution in [0, 0.1) is 0 Å². The van der Waals surface area contributed by atoms with Crippen molar-refractivity contribution in [2.75, 3.05) is 6.61 Å². The first-order valence-electron chi connectivity index (χ1n) is 7.83. The molecule has 1 N–H and O–H groups in total. The van der Waals surface area contributed by atoms with E-state index < -0.39 is 5.54 Å². The molecule has 0 saturated carbocycles. The van der Waals surface area contributed by atoms with Gasteiger partial charge in [-0.25, -0.2) is 9.59 Å². The lowest BCUT2D eigenvalue weighted by atomic mass is 9.84. The zero-order valence-corrected chi connectivity index (χ0v) is 13.7. The van der Waals surface area contributed by atoms with Gasteiger partial charge in [0.05, 0.1) is 30.5 Å². The van der Waals surface area contributed by atoms with Crippen molar-refractivity contribution in [2.45, 2.75) is 70.8 Å². The van der Waals surface area contributed by atoms with E-state index in [1.807, 2.05) is 27.7 Å². The number of carbonyl (C=O) groups excluding carboxylic acids is 2. The third-order valence-corrected chi connectivity index (χ3v) is 3.66. The molecule has 0 unspecified atom stereocenters. The number of hydrogen-bond donors (Lipinski definition) is 1. The Balaban J connectivity index is 2.07. The molecule has 0 aromatic rings. The Morgan fingerprint density at radius 2 is 1.95 bits per heavy atom. The molecule has 0 aromatic carbocycles. The van der Waals surface area contributed by atoms with Gasteiger partial charge in [-0.05, 0) is 40.5 Å². The highest BCUT2D eigenvalue weighted by Crippen LogP contribution is 2.32. The lowest BCUT2D eigenvalue weighted by molar-refractivity contribution is -0.157. The van der Waals surface area contributed by atoms with Crippen LogP contribution in [0.3, 0.4) is 0 Å². The number of ether oxygens (including phenoxy) is 3. The SMILES string of the molecule is CC(C)OC(=O)C1=CN[C@](C[C@H]2CO2)(C(=O)OC(C)C)CC1.